The van der Waals surface area contributed by atoms with E-state index >= 15 is 0 Å². The first kappa shape index (κ1) is 18.9. The largest absolute Gasteiger partial charge is 0.504 e. The van der Waals surface area contributed by atoms with Gasteiger partial charge in [-0.25, -0.2) is 9.97 Å². The summed E-state index contributed by atoms with van der Waals surface area (Å²) in [7, 11) is 0. The average Bonchev–Trinajstić information content (AvgIpc) is 3.17. The van der Waals surface area contributed by atoms with Gasteiger partial charge in [-0.05, 0) is 38.1 Å². The molecule has 140 valence electrons. The molecule has 0 radical (unpaired) electrons. The molecule has 0 unspecified atom stereocenters. The number of hydrogen-bond acceptors (Lipinski definition) is 8. The number of carbonyl (C=O) groups is 1. The first-order chi connectivity index (χ1) is 12.8. The predicted octanol–water partition coefficient (Wildman–Crippen LogP) is 4.16. The van der Waals surface area contributed by atoms with Crippen molar-refractivity contribution in [1.82, 2.24) is 9.97 Å². The number of benzene rings is 2. The standard InChI is InChI=1S/C10H10N2O2S.C8H8N2OS/c1-5(13)11-7-3-4-8-9(10(7)14)12-6(2)15-8;1-4-10-7-6(12-4)3-2-5(9)8(7)11/h3-4,14H,1-2H3,(H,11,13);2-3,11H,9H2,1H3. The van der Waals surface area contributed by atoms with Crippen LogP contribution in [0.2, 0.25) is 0 Å². The maximum Gasteiger partial charge on any atom is 0.221 e. The number of aromatic nitrogens is 2. The first-order valence-corrected chi connectivity index (χ1v) is 9.61. The van der Waals surface area contributed by atoms with Crippen LogP contribution in [0.1, 0.15) is 16.9 Å². The fraction of sp³-hybridized carbons (Fsp3) is 0.167. The van der Waals surface area contributed by atoms with Crippen molar-refractivity contribution in [2.45, 2.75) is 20.8 Å². The lowest BCUT2D eigenvalue weighted by atomic mass is 10.2. The number of rotatable bonds is 1. The number of phenolic OH excluding ortho intramolecular Hbond substituents is 2. The minimum atomic E-state index is -0.211. The van der Waals surface area contributed by atoms with Crippen molar-refractivity contribution in [3.63, 3.8) is 0 Å². The van der Waals surface area contributed by atoms with E-state index in [2.05, 4.69) is 15.3 Å². The first-order valence-electron chi connectivity index (χ1n) is 7.97. The smallest absolute Gasteiger partial charge is 0.221 e. The number of nitrogens with two attached hydrogens (primary N) is 1. The number of nitrogen functional groups attached to an aromatic ring is 1. The maximum absolute atomic E-state index is 10.9. The third-order valence-electron chi connectivity index (χ3n) is 3.62. The zero-order chi connectivity index (χ0) is 19.7. The SMILES string of the molecule is CC(=O)Nc1ccc2sc(C)nc2c1O.Cc1nc2c(O)c(N)ccc2s1. The van der Waals surface area contributed by atoms with Crippen LogP contribution >= 0.6 is 22.7 Å². The van der Waals surface area contributed by atoms with Crippen LogP contribution in [0.4, 0.5) is 11.4 Å². The Morgan fingerprint density at radius 3 is 2.04 bits per heavy atom. The normalized spacial score (nSPS) is 10.6. The third kappa shape index (κ3) is 3.93. The van der Waals surface area contributed by atoms with E-state index in [-0.39, 0.29) is 17.4 Å². The van der Waals surface area contributed by atoms with Crippen LogP contribution in [-0.4, -0.2) is 26.1 Å². The molecule has 2 aromatic carbocycles. The molecule has 0 bridgehead atoms. The van der Waals surface area contributed by atoms with Crippen LogP contribution in [0.15, 0.2) is 24.3 Å². The number of hydrogen-bond donors (Lipinski definition) is 4. The molecule has 1 amide bonds. The number of fused-ring (bicyclic) bond motifs is 2. The molecule has 0 aliphatic heterocycles. The molecule has 2 aromatic heterocycles. The van der Waals surface area contributed by atoms with Gasteiger partial charge in [-0.3, -0.25) is 4.79 Å². The Bertz CT molecular complexity index is 1150. The number of nitrogens with one attached hydrogen (secondary N) is 1. The fourth-order valence-electron chi connectivity index (χ4n) is 2.49. The van der Waals surface area contributed by atoms with E-state index in [0.29, 0.717) is 22.4 Å². The Kier molecular flexibility index (Phi) is 5.15. The number of anilines is 2. The number of nitrogens with zero attached hydrogens (tertiary/aromatic N) is 2. The fourth-order valence-corrected chi connectivity index (χ4v) is 4.15. The molecule has 4 rings (SSSR count). The van der Waals surface area contributed by atoms with Crippen LogP contribution in [0.25, 0.3) is 20.4 Å². The minimum absolute atomic E-state index is 0.0343. The van der Waals surface area contributed by atoms with Crippen molar-refractivity contribution >= 4 is 60.4 Å². The molecule has 7 nitrogen and oxygen atoms in total. The Morgan fingerprint density at radius 1 is 0.963 bits per heavy atom. The molecule has 0 spiro atoms. The molecule has 2 heterocycles. The number of aromatic hydroxyl groups is 2. The molecule has 4 aromatic rings. The topological polar surface area (TPSA) is 121 Å². The lowest BCUT2D eigenvalue weighted by Gasteiger charge is -2.04. The molecule has 0 aliphatic rings. The zero-order valence-corrected chi connectivity index (χ0v) is 16.5. The Balaban J connectivity index is 0.000000159. The summed E-state index contributed by atoms with van der Waals surface area (Å²) in [5, 5.41) is 23.7. The van der Waals surface area contributed by atoms with E-state index < -0.39 is 0 Å². The van der Waals surface area contributed by atoms with Gasteiger partial charge in [-0.1, -0.05) is 0 Å². The highest BCUT2D eigenvalue weighted by Crippen LogP contribution is 2.35. The molecule has 0 fully saturated rings. The summed E-state index contributed by atoms with van der Waals surface area (Å²) < 4.78 is 1.89. The van der Waals surface area contributed by atoms with Crippen molar-refractivity contribution in [3.05, 3.63) is 34.3 Å². The number of amides is 1. The number of phenols is 2. The Labute approximate surface area is 163 Å². The second-order valence-corrected chi connectivity index (χ2v) is 8.28. The molecular formula is C18H18N4O3S2. The molecule has 0 saturated heterocycles. The summed E-state index contributed by atoms with van der Waals surface area (Å²) in [6.45, 7) is 5.18. The van der Waals surface area contributed by atoms with E-state index in [9.17, 15) is 15.0 Å². The van der Waals surface area contributed by atoms with Crippen molar-refractivity contribution < 1.29 is 15.0 Å². The van der Waals surface area contributed by atoms with E-state index in [0.717, 1.165) is 19.4 Å². The molecule has 0 saturated carbocycles. The Morgan fingerprint density at radius 2 is 1.48 bits per heavy atom. The van der Waals surface area contributed by atoms with Crippen molar-refractivity contribution in [2.24, 2.45) is 0 Å². The summed E-state index contributed by atoms with van der Waals surface area (Å²) in [4.78, 5) is 19.2. The summed E-state index contributed by atoms with van der Waals surface area (Å²) in [6, 6.07) is 7.08. The van der Waals surface area contributed by atoms with Crippen LogP contribution in [0, 0.1) is 13.8 Å². The van der Waals surface area contributed by atoms with Gasteiger partial charge in [0, 0.05) is 6.92 Å². The van der Waals surface area contributed by atoms with Gasteiger partial charge in [-0.2, -0.15) is 0 Å². The van der Waals surface area contributed by atoms with Crippen molar-refractivity contribution in [2.75, 3.05) is 11.1 Å². The van der Waals surface area contributed by atoms with Gasteiger partial charge in [0.2, 0.25) is 5.91 Å². The van der Waals surface area contributed by atoms with Crippen molar-refractivity contribution in [1.29, 1.82) is 0 Å². The van der Waals surface area contributed by atoms with Gasteiger partial charge in [0.1, 0.15) is 11.0 Å². The zero-order valence-electron chi connectivity index (χ0n) is 14.9. The monoisotopic (exact) mass is 402 g/mol. The summed E-state index contributed by atoms with van der Waals surface area (Å²) in [5.74, 6) is -0.0829. The molecular weight excluding hydrogens is 384 g/mol. The highest BCUT2D eigenvalue weighted by molar-refractivity contribution is 7.18. The van der Waals surface area contributed by atoms with E-state index in [1.54, 1.807) is 23.5 Å². The Hall–Kier alpha value is -2.91. The summed E-state index contributed by atoms with van der Waals surface area (Å²) in [6.07, 6.45) is 0. The lowest BCUT2D eigenvalue weighted by Crippen LogP contribution is -2.05. The maximum atomic E-state index is 10.9. The average molecular weight is 403 g/mol. The summed E-state index contributed by atoms with van der Waals surface area (Å²) in [5.41, 5.74) is 7.45. The second kappa shape index (κ2) is 7.37. The van der Waals surface area contributed by atoms with E-state index in [4.69, 9.17) is 5.73 Å². The molecule has 5 N–H and O–H groups in total. The van der Waals surface area contributed by atoms with Gasteiger partial charge in [0.05, 0.1) is 30.8 Å². The quantitative estimate of drug-likeness (QED) is 0.280. The van der Waals surface area contributed by atoms with Gasteiger partial charge < -0.3 is 21.3 Å². The minimum Gasteiger partial charge on any atom is -0.504 e. The number of carbonyl (C=O) groups excluding carboxylic acids is 1. The number of thiazole rings is 2. The third-order valence-corrected chi connectivity index (χ3v) is 5.50. The van der Waals surface area contributed by atoms with Gasteiger partial charge in [-0.15, -0.1) is 22.7 Å². The molecule has 27 heavy (non-hydrogen) atoms. The van der Waals surface area contributed by atoms with Crippen LogP contribution in [0.5, 0.6) is 11.5 Å². The van der Waals surface area contributed by atoms with E-state index in [1.807, 2.05) is 26.0 Å². The lowest BCUT2D eigenvalue weighted by molar-refractivity contribution is -0.114. The molecule has 9 heteroatoms. The summed E-state index contributed by atoms with van der Waals surface area (Å²) >= 11 is 3.06. The molecule has 0 atom stereocenters. The van der Waals surface area contributed by atoms with Crippen LogP contribution in [0.3, 0.4) is 0 Å². The number of aryl methyl sites for hydroxylation is 2. The van der Waals surface area contributed by atoms with Crippen molar-refractivity contribution in [3.8, 4) is 11.5 Å². The predicted molar refractivity (Wildman–Crippen MR) is 111 cm³/mol. The highest BCUT2D eigenvalue weighted by Gasteiger charge is 2.11. The van der Waals surface area contributed by atoms with Crippen LogP contribution in [-0.2, 0) is 4.79 Å². The highest BCUT2D eigenvalue weighted by atomic mass is 32.1. The second-order valence-electron chi connectivity index (χ2n) is 5.81. The van der Waals surface area contributed by atoms with Gasteiger partial charge >= 0.3 is 0 Å². The molecule has 0 aliphatic carbocycles. The van der Waals surface area contributed by atoms with E-state index in [1.165, 1.54) is 18.3 Å². The van der Waals surface area contributed by atoms with Crippen LogP contribution < -0.4 is 11.1 Å². The van der Waals surface area contributed by atoms with Gasteiger partial charge in [0.25, 0.3) is 0 Å². The van der Waals surface area contributed by atoms with Gasteiger partial charge in [0.15, 0.2) is 11.5 Å².